The van der Waals surface area contributed by atoms with Crippen LogP contribution in [0.5, 0.6) is 0 Å². The van der Waals surface area contributed by atoms with Gasteiger partial charge in [-0.15, -0.1) is 24.8 Å². The van der Waals surface area contributed by atoms with E-state index in [1.165, 1.54) is 0 Å². The molecule has 2 atom stereocenters. The van der Waals surface area contributed by atoms with Crippen molar-refractivity contribution in [2.24, 2.45) is 11.1 Å². The van der Waals surface area contributed by atoms with Crippen molar-refractivity contribution in [1.29, 1.82) is 0 Å². The SMILES string of the molecule is CCOC1CC(N)(C(=O)Nc2ccccn2)C1(C)C.Cl.Cl. The van der Waals surface area contributed by atoms with Crippen LogP contribution in [-0.4, -0.2) is 29.1 Å². The summed E-state index contributed by atoms with van der Waals surface area (Å²) in [5.74, 6) is 0.320. The standard InChI is InChI=1S/C14H21N3O2.2ClH/c1-4-19-10-9-14(15,13(10,2)3)12(18)17-11-7-5-6-8-16-11;;/h5-8,10H,4,9,15H2,1-3H3,(H,16,17,18);2*1H. The first-order chi connectivity index (χ1) is 8.91. The van der Waals surface area contributed by atoms with Crippen molar-refractivity contribution in [3.8, 4) is 0 Å². The van der Waals surface area contributed by atoms with Crippen LogP contribution in [0.25, 0.3) is 0 Å². The monoisotopic (exact) mass is 335 g/mol. The zero-order chi connectivity index (χ0) is 14.1. The lowest BCUT2D eigenvalue weighted by atomic mass is 9.54. The number of carbonyl (C=O) groups is 1. The molecule has 0 bridgehead atoms. The number of nitrogens with one attached hydrogen (secondary N) is 1. The molecule has 1 aliphatic carbocycles. The van der Waals surface area contributed by atoms with E-state index >= 15 is 0 Å². The second-order valence-corrected chi connectivity index (χ2v) is 5.51. The van der Waals surface area contributed by atoms with Crippen LogP contribution in [0.3, 0.4) is 0 Å². The fraction of sp³-hybridized carbons (Fsp3) is 0.571. The van der Waals surface area contributed by atoms with Crippen LogP contribution in [0, 0.1) is 5.41 Å². The first-order valence-electron chi connectivity index (χ1n) is 6.55. The molecule has 2 unspecified atom stereocenters. The summed E-state index contributed by atoms with van der Waals surface area (Å²) in [4.78, 5) is 16.4. The molecule has 7 heteroatoms. The Balaban J connectivity index is 0.00000200. The van der Waals surface area contributed by atoms with Crippen LogP contribution >= 0.6 is 24.8 Å². The Hall–Kier alpha value is -0.880. The number of carbonyl (C=O) groups excluding carboxylic acids is 1. The molecular weight excluding hydrogens is 313 g/mol. The number of hydrogen-bond donors (Lipinski definition) is 2. The van der Waals surface area contributed by atoms with E-state index in [-0.39, 0.29) is 42.2 Å². The number of amides is 1. The summed E-state index contributed by atoms with van der Waals surface area (Å²) in [6.07, 6.45) is 2.19. The van der Waals surface area contributed by atoms with Gasteiger partial charge in [0.05, 0.1) is 6.10 Å². The molecule has 1 amide bonds. The molecule has 0 aromatic carbocycles. The maximum Gasteiger partial charge on any atom is 0.246 e. The van der Waals surface area contributed by atoms with Crippen molar-refractivity contribution in [2.75, 3.05) is 11.9 Å². The molecule has 0 saturated heterocycles. The summed E-state index contributed by atoms with van der Waals surface area (Å²) in [6, 6.07) is 5.36. The summed E-state index contributed by atoms with van der Waals surface area (Å²) in [5.41, 5.74) is 4.97. The molecule has 1 aromatic rings. The van der Waals surface area contributed by atoms with Crippen molar-refractivity contribution in [3.63, 3.8) is 0 Å². The summed E-state index contributed by atoms with van der Waals surface area (Å²) in [5, 5.41) is 2.77. The van der Waals surface area contributed by atoms with Crippen LogP contribution in [0.1, 0.15) is 27.2 Å². The summed E-state index contributed by atoms with van der Waals surface area (Å²) >= 11 is 0. The number of hydrogen-bond acceptors (Lipinski definition) is 4. The maximum atomic E-state index is 12.4. The molecule has 5 nitrogen and oxygen atoms in total. The van der Waals surface area contributed by atoms with Crippen molar-refractivity contribution in [3.05, 3.63) is 24.4 Å². The number of halogens is 2. The molecular formula is C14H23Cl2N3O2. The van der Waals surface area contributed by atoms with Crippen LogP contribution in [0.4, 0.5) is 5.82 Å². The van der Waals surface area contributed by atoms with Crippen LogP contribution in [-0.2, 0) is 9.53 Å². The quantitative estimate of drug-likeness (QED) is 0.885. The third kappa shape index (κ3) is 3.48. The molecule has 1 aliphatic rings. The van der Waals surface area contributed by atoms with Crippen molar-refractivity contribution in [2.45, 2.75) is 38.8 Å². The Morgan fingerprint density at radius 1 is 1.48 bits per heavy atom. The minimum absolute atomic E-state index is 0. The number of rotatable bonds is 4. The van der Waals surface area contributed by atoms with E-state index in [2.05, 4.69) is 10.3 Å². The molecule has 0 spiro atoms. The second-order valence-electron chi connectivity index (χ2n) is 5.51. The smallest absolute Gasteiger partial charge is 0.246 e. The van der Waals surface area contributed by atoms with Crippen LogP contribution in [0.15, 0.2) is 24.4 Å². The minimum atomic E-state index is -0.912. The molecule has 3 N–H and O–H groups in total. The lowest BCUT2D eigenvalue weighted by Crippen LogP contribution is -2.74. The van der Waals surface area contributed by atoms with E-state index in [4.69, 9.17) is 10.5 Å². The van der Waals surface area contributed by atoms with Gasteiger partial charge in [-0.25, -0.2) is 4.98 Å². The Kier molecular flexibility index (Phi) is 7.09. The molecule has 1 heterocycles. The highest BCUT2D eigenvalue weighted by molar-refractivity contribution is 5.99. The van der Waals surface area contributed by atoms with Gasteiger partial charge in [-0.3, -0.25) is 4.79 Å². The maximum absolute atomic E-state index is 12.4. The van der Waals surface area contributed by atoms with Gasteiger partial charge in [0.2, 0.25) is 5.91 Å². The number of aromatic nitrogens is 1. The fourth-order valence-electron chi connectivity index (χ4n) is 2.49. The topological polar surface area (TPSA) is 77.2 Å². The number of anilines is 1. The zero-order valence-corrected chi connectivity index (χ0v) is 14.1. The van der Waals surface area contributed by atoms with E-state index in [0.29, 0.717) is 18.8 Å². The Morgan fingerprint density at radius 3 is 2.62 bits per heavy atom. The predicted octanol–water partition coefficient (Wildman–Crippen LogP) is 2.40. The first-order valence-corrected chi connectivity index (χ1v) is 6.55. The lowest BCUT2D eigenvalue weighted by molar-refractivity contribution is -0.166. The number of nitrogens with two attached hydrogens (primary N) is 1. The number of pyridine rings is 1. The third-order valence-electron chi connectivity index (χ3n) is 4.14. The summed E-state index contributed by atoms with van der Waals surface area (Å²) < 4.78 is 5.61. The number of nitrogens with zero attached hydrogens (tertiary/aromatic N) is 1. The van der Waals surface area contributed by atoms with Crippen LogP contribution in [0.2, 0.25) is 0 Å². The molecule has 1 fully saturated rings. The highest BCUT2D eigenvalue weighted by atomic mass is 35.5. The lowest BCUT2D eigenvalue weighted by Gasteiger charge is -2.57. The molecule has 0 aliphatic heterocycles. The van der Waals surface area contributed by atoms with Crippen molar-refractivity contribution >= 4 is 36.5 Å². The molecule has 1 aromatic heterocycles. The van der Waals surface area contributed by atoms with E-state index in [9.17, 15) is 4.79 Å². The highest BCUT2D eigenvalue weighted by Crippen LogP contribution is 2.50. The normalized spacial score (nSPS) is 25.8. The Labute approximate surface area is 137 Å². The van der Waals surface area contributed by atoms with Gasteiger partial charge in [0.1, 0.15) is 11.4 Å². The summed E-state index contributed by atoms with van der Waals surface area (Å²) in [7, 11) is 0. The molecule has 21 heavy (non-hydrogen) atoms. The summed E-state index contributed by atoms with van der Waals surface area (Å²) in [6.45, 7) is 6.51. The van der Waals surface area contributed by atoms with E-state index < -0.39 is 5.54 Å². The van der Waals surface area contributed by atoms with Gasteiger partial charge in [0.25, 0.3) is 0 Å². The highest BCUT2D eigenvalue weighted by Gasteiger charge is 2.62. The van der Waals surface area contributed by atoms with Crippen molar-refractivity contribution < 1.29 is 9.53 Å². The molecule has 0 radical (unpaired) electrons. The zero-order valence-electron chi connectivity index (χ0n) is 12.5. The predicted molar refractivity (Wildman–Crippen MR) is 88.1 cm³/mol. The van der Waals surface area contributed by atoms with Gasteiger partial charge < -0.3 is 15.8 Å². The van der Waals surface area contributed by atoms with Gasteiger partial charge in [0, 0.05) is 24.6 Å². The van der Waals surface area contributed by atoms with Gasteiger partial charge in [-0.1, -0.05) is 19.9 Å². The average Bonchev–Trinajstić information content (AvgIpc) is 2.39. The molecule has 1 saturated carbocycles. The minimum Gasteiger partial charge on any atom is -0.378 e. The van der Waals surface area contributed by atoms with Crippen LogP contribution < -0.4 is 11.1 Å². The van der Waals surface area contributed by atoms with Crippen molar-refractivity contribution in [1.82, 2.24) is 4.98 Å². The fourth-order valence-corrected chi connectivity index (χ4v) is 2.49. The van der Waals surface area contributed by atoms with E-state index in [1.54, 1.807) is 18.3 Å². The molecule has 2 rings (SSSR count). The Morgan fingerprint density at radius 2 is 2.14 bits per heavy atom. The van der Waals surface area contributed by atoms with Gasteiger partial charge >= 0.3 is 0 Å². The largest absolute Gasteiger partial charge is 0.378 e. The van der Waals surface area contributed by atoms with E-state index in [0.717, 1.165) is 0 Å². The Bertz CT molecular complexity index is 471. The van der Waals surface area contributed by atoms with E-state index in [1.807, 2.05) is 26.8 Å². The third-order valence-corrected chi connectivity index (χ3v) is 4.14. The average molecular weight is 336 g/mol. The number of ether oxygens (including phenoxy) is 1. The van der Waals surface area contributed by atoms with Gasteiger partial charge in [0.15, 0.2) is 0 Å². The van der Waals surface area contributed by atoms with Gasteiger partial charge in [-0.2, -0.15) is 0 Å². The second kappa shape index (κ2) is 7.40. The molecule has 120 valence electrons. The first kappa shape index (κ1) is 20.1. The van der Waals surface area contributed by atoms with Gasteiger partial charge in [-0.05, 0) is 19.1 Å².